The number of nitrogens with two attached hydrogens (primary N) is 1. The largest absolute Gasteiger partial charge is 0.399 e. The van der Waals surface area contributed by atoms with Crippen LogP contribution in [0.4, 0.5) is 11.4 Å². The van der Waals surface area contributed by atoms with Gasteiger partial charge in [0.25, 0.3) is 0 Å². The van der Waals surface area contributed by atoms with E-state index in [9.17, 15) is 0 Å². The highest BCUT2D eigenvalue weighted by Crippen LogP contribution is 2.17. The van der Waals surface area contributed by atoms with Gasteiger partial charge in [-0.1, -0.05) is 24.8 Å². The average molecular weight is 265 g/mol. The van der Waals surface area contributed by atoms with E-state index >= 15 is 0 Å². The molecule has 0 aliphatic carbocycles. The minimum absolute atomic E-state index is 0.716. The second kappa shape index (κ2) is 6.06. The van der Waals surface area contributed by atoms with Crippen LogP contribution in [0.3, 0.4) is 0 Å². The lowest BCUT2D eigenvalue weighted by Gasteiger charge is -2.13. The molecular weight excluding hydrogens is 246 g/mol. The number of aryl methyl sites for hydroxylation is 2. The number of rotatable bonds is 3. The fraction of sp³-hybridized carbons (Fsp3) is 0.118. The van der Waals surface area contributed by atoms with Gasteiger partial charge in [-0.2, -0.15) is 0 Å². The topological polar surface area (TPSA) is 50.4 Å². The van der Waals surface area contributed by atoms with E-state index in [2.05, 4.69) is 35.9 Å². The number of nitrogen functional groups attached to an aromatic ring is 1. The first kappa shape index (κ1) is 13.9. The summed E-state index contributed by atoms with van der Waals surface area (Å²) in [5.74, 6) is 0.746. The summed E-state index contributed by atoms with van der Waals surface area (Å²) in [5.41, 5.74) is 10.9. The van der Waals surface area contributed by atoms with E-state index in [1.54, 1.807) is 0 Å². The van der Waals surface area contributed by atoms with Crippen LogP contribution in [0.15, 0.2) is 60.2 Å². The van der Waals surface area contributed by atoms with Gasteiger partial charge in [-0.3, -0.25) is 0 Å². The first-order chi connectivity index (χ1) is 9.60. The first-order valence-corrected chi connectivity index (χ1v) is 6.49. The van der Waals surface area contributed by atoms with Crippen molar-refractivity contribution in [2.24, 2.45) is 4.99 Å². The quantitative estimate of drug-likeness (QED) is 0.502. The number of nitrogens with one attached hydrogen (secondary N) is 1. The smallest absolute Gasteiger partial charge is 0.137 e. The summed E-state index contributed by atoms with van der Waals surface area (Å²) in [5, 5.41) is 3.33. The van der Waals surface area contributed by atoms with Crippen LogP contribution in [0.1, 0.15) is 16.7 Å². The third-order valence-electron chi connectivity index (χ3n) is 3.02. The Bertz CT molecular complexity index is 657. The van der Waals surface area contributed by atoms with Crippen molar-refractivity contribution in [1.29, 1.82) is 0 Å². The molecule has 0 heterocycles. The van der Waals surface area contributed by atoms with Gasteiger partial charge in [0.1, 0.15) is 5.84 Å². The van der Waals surface area contributed by atoms with Crippen molar-refractivity contribution in [3.8, 4) is 0 Å². The van der Waals surface area contributed by atoms with E-state index in [-0.39, 0.29) is 0 Å². The van der Waals surface area contributed by atoms with Crippen LogP contribution in [-0.4, -0.2) is 5.84 Å². The highest BCUT2D eigenvalue weighted by molar-refractivity contribution is 6.09. The summed E-state index contributed by atoms with van der Waals surface area (Å²) in [7, 11) is 0. The van der Waals surface area contributed by atoms with Crippen molar-refractivity contribution < 1.29 is 0 Å². The van der Waals surface area contributed by atoms with Crippen molar-refractivity contribution in [3.63, 3.8) is 0 Å². The molecule has 0 radical (unpaired) electrons. The maximum Gasteiger partial charge on any atom is 0.137 e. The van der Waals surface area contributed by atoms with E-state index in [0.717, 1.165) is 22.6 Å². The molecule has 0 fully saturated rings. The predicted molar refractivity (Wildman–Crippen MR) is 87.1 cm³/mol. The third-order valence-corrected chi connectivity index (χ3v) is 3.02. The zero-order valence-electron chi connectivity index (χ0n) is 11.9. The zero-order chi connectivity index (χ0) is 14.5. The monoisotopic (exact) mass is 265 g/mol. The van der Waals surface area contributed by atoms with Gasteiger partial charge in [-0.15, -0.1) is 0 Å². The summed E-state index contributed by atoms with van der Waals surface area (Å²) in [4.78, 5) is 4.34. The van der Waals surface area contributed by atoms with Gasteiger partial charge in [0.15, 0.2) is 0 Å². The number of aliphatic imine (C=N–C) groups is 1. The second-order valence-electron chi connectivity index (χ2n) is 4.73. The number of hydrogen-bond donors (Lipinski definition) is 2. The standard InChI is InChI=1S/C17H19N3/c1-4-19-17(16-11-14(18)9-8-13(16)3)20-15-7-5-6-12(2)10-15/h4-11H,1,18H2,2-3H3,(H,19,20). The molecule has 0 unspecified atom stereocenters. The molecule has 3 nitrogen and oxygen atoms in total. The van der Waals surface area contributed by atoms with Crippen molar-refractivity contribution in [2.75, 3.05) is 11.1 Å². The fourth-order valence-electron chi connectivity index (χ4n) is 2.01. The summed E-state index contributed by atoms with van der Waals surface area (Å²) < 4.78 is 0. The second-order valence-corrected chi connectivity index (χ2v) is 4.73. The molecule has 0 aliphatic rings. The molecule has 0 aliphatic heterocycles. The van der Waals surface area contributed by atoms with Gasteiger partial charge in [0.2, 0.25) is 0 Å². The minimum Gasteiger partial charge on any atom is -0.399 e. The maximum atomic E-state index is 5.87. The van der Waals surface area contributed by atoms with Gasteiger partial charge >= 0.3 is 0 Å². The van der Waals surface area contributed by atoms with E-state index in [1.807, 2.05) is 37.3 Å². The van der Waals surface area contributed by atoms with E-state index < -0.39 is 0 Å². The molecule has 0 saturated heterocycles. The Labute approximate surface area is 119 Å². The lowest BCUT2D eigenvalue weighted by molar-refractivity contribution is 1.40. The van der Waals surface area contributed by atoms with E-state index in [1.165, 1.54) is 11.8 Å². The molecule has 0 aromatic heterocycles. The molecule has 0 atom stereocenters. The molecule has 0 amide bonds. The highest BCUT2D eigenvalue weighted by Gasteiger charge is 2.07. The summed E-state index contributed by atoms with van der Waals surface area (Å²) in [6, 6.07) is 13.9. The molecular formula is C17H19N3. The Morgan fingerprint density at radius 2 is 2.00 bits per heavy atom. The van der Waals surface area contributed by atoms with Gasteiger partial charge < -0.3 is 11.1 Å². The molecule has 2 aromatic carbocycles. The SMILES string of the molecule is C=CN=C(Nc1cccc(C)c1)c1cc(N)ccc1C. The predicted octanol–water partition coefficient (Wildman–Crippen LogP) is 3.89. The van der Waals surface area contributed by atoms with Crippen LogP contribution < -0.4 is 11.1 Å². The van der Waals surface area contributed by atoms with Gasteiger partial charge in [-0.25, -0.2) is 4.99 Å². The highest BCUT2D eigenvalue weighted by atomic mass is 15.0. The third kappa shape index (κ3) is 3.26. The Hall–Kier alpha value is -2.55. The summed E-state index contributed by atoms with van der Waals surface area (Å²) >= 11 is 0. The molecule has 3 N–H and O–H groups in total. The lowest BCUT2D eigenvalue weighted by Crippen LogP contribution is -2.15. The van der Waals surface area contributed by atoms with Crippen LogP contribution in [0.25, 0.3) is 0 Å². The molecule has 3 heteroatoms. The number of hydrogen-bond acceptors (Lipinski definition) is 2. The number of nitrogens with zero attached hydrogens (tertiary/aromatic N) is 1. The van der Waals surface area contributed by atoms with Crippen molar-refractivity contribution >= 4 is 17.2 Å². The molecule has 2 rings (SSSR count). The molecule has 20 heavy (non-hydrogen) atoms. The lowest BCUT2D eigenvalue weighted by atomic mass is 10.1. The summed E-state index contributed by atoms with van der Waals surface area (Å²) in [6.07, 6.45) is 1.53. The van der Waals surface area contributed by atoms with Gasteiger partial charge in [-0.05, 0) is 49.2 Å². The van der Waals surface area contributed by atoms with Crippen LogP contribution in [0.2, 0.25) is 0 Å². The summed E-state index contributed by atoms with van der Waals surface area (Å²) in [6.45, 7) is 7.77. The van der Waals surface area contributed by atoms with Crippen molar-refractivity contribution in [2.45, 2.75) is 13.8 Å². The fourth-order valence-corrected chi connectivity index (χ4v) is 2.01. The Kier molecular flexibility index (Phi) is 4.20. The first-order valence-electron chi connectivity index (χ1n) is 6.49. The van der Waals surface area contributed by atoms with Crippen LogP contribution in [0, 0.1) is 13.8 Å². The molecule has 0 bridgehead atoms. The number of benzene rings is 2. The Balaban J connectivity index is 2.40. The normalized spacial score (nSPS) is 11.2. The molecule has 2 aromatic rings. The number of amidine groups is 1. The van der Waals surface area contributed by atoms with Gasteiger partial charge in [0.05, 0.1) is 0 Å². The Morgan fingerprint density at radius 3 is 2.70 bits per heavy atom. The van der Waals surface area contributed by atoms with Crippen LogP contribution in [0.5, 0.6) is 0 Å². The van der Waals surface area contributed by atoms with E-state index in [4.69, 9.17) is 5.73 Å². The Morgan fingerprint density at radius 1 is 1.20 bits per heavy atom. The number of anilines is 2. The van der Waals surface area contributed by atoms with Crippen molar-refractivity contribution in [3.05, 3.63) is 71.9 Å². The molecule has 102 valence electrons. The van der Waals surface area contributed by atoms with Crippen molar-refractivity contribution in [1.82, 2.24) is 0 Å². The zero-order valence-corrected chi connectivity index (χ0v) is 11.9. The average Bonchev–Trinajstić information content (AvgIpc) is 2.41. The molecule has 0 saturated carbocycles. The van der Waals surface area contributed by atoms with Crippen LogP contribution >= 0.6 is 0 Å². The van der Waals surface area contributed by atoms with Crippen LogP contribution in [-0.2, 0) is 0 Å². The molecule has 0 spiro atoms. The minimum atomic E-state index is 0.716. The maximum absolute atomic E-state index is 5.87. The van der Waals surface area contributed by atoms with Gasteiger partial charge in [0, 0.05) is 23.1 Å². The van der Waals surface area contributed by atoms with E-state index in [0.29, 0.717) is 5.69 Å².